The van der Waals surface area contributed by atoms with Gasteiger partial charge in [-0.05, 0) is 19.4 Å². The maximum atomic E-state index is 11.0. The van der Waals surface area contributed by atoms with Crippen molar-refractivity contribution >= 4 is 17.5 Å². The van der Waals surface area contributed by atoms with Gasteiger partial charge in [-0.2, -0.15) is 0 Å². The smallest absolute Gasteiger partial charge is 0.354 e. The second kappa shape index (κ2) is 5.05. The van der Waals surface area contributed by atoms with Gasteiger partial charge < -0.3 is 10.0 Å². The topological polar surface area (TPSA) is 96.6 Å². The molecule has 0 saturated carbocycles. The first-order chi connectivity index (χ1) is 8.99. The highest BCUT2D eigenvalue weighted by atomic mass is 16.6. The molecule has 7 nitrogen and oxygen atoms in total. The summed E-state index contributed by atoms with van der Waals surface area (Å²) in [7, 11) is 0. The van der Waals surface area contributed by atoms with Crippen molar-refractivity contribution in [2.24, 2.45) is 0 Å². The number of hydrogen-bond donors (Lipinski definition) is 1. The molecule has 2 rings (SSSR count). The number of aromatic carboxylic acids is 1. The minimum Gasteiger partial charge on any atom is -0.477 e. The van der Waals surface area contributed by atoms with Gasteiger partial charge in [0.2, 0.25) is 5.82 Å². The summed E-state index contributed by atoms with van der Waals surface area (Å²) in [5, 5.41) is 19.9. The van der Waals surface area contributed by atoms with Crippen LogP contribution in [0.5, 0.6) is 0 Å². The van der Waals surface area contributed by atoms with Crippen LogP contribution in [0.2, 0.25) is 0 Å². The van der Waals surface area contributed by atoms with E-state index in [0.717, 1.165) is 12.5 Å². The molecule has 0 bridgehead atoms. The zero-order valence-corrected chi connectivity index (χ0v) is 10.4. The van der Waals surface area contributed by atoms with Gasteiger partial charge in [0.15, 0.2) is 5.69 Å². The number of pyridine rings is 1. The molecule has 7 heteroatoms. The molecule has 0 spiro atoms. The van der Waals surface area contributed by atoms with Crippen molar-refractivity contribution in [2.75, 3.05) is 18.0 Å². The van der Waals surface area contributed by atoms with E-state index in [1.54, 1.807) is 4.90 Å². The highest BCUT2D eigenvalue weighted by molar-refractivity contribution is 5.86. The monoisotopic (exact) mass is 263 g/mol. The van der Waals surface area contributed by atoms with Crippen molar-refractivity contribution in [1.82, 2.24) is 4.98 Å². The molecule has 0 amide bonds. The Bertz CT molecular complexity index is 568. The molecular formula is C12H13N3O4. The lowest BCUT2D eigenvalue weighted by atomic mass is 10.1. The normalized spacial score (nSPS) is 15.0. The third-order valence-corrected chi connectivity index (χ3v) is 3.01. The Labute approximate surface area is 109 Å². The standard InChI is InChI=1S/C12H13N3O4/c1-8-4-6-14(7-5-8)11-10(15(18)19)3-2-9(13-11)12(16)17/h2-4H,5-7H2,1H3,(H,16,17). The molecule has 0 aromatic carbocycles. The maximum Gasteiger partial charge on any atom is 0.354 e. The second-order valence-electron chi connectivity index (χ2n) is 4.35. The van der Waals surface area contributed by atoms with Gasteiger partial charge in [0, 0.05) is 19.2 Å². The first-order valence-corrected chi connectivity index (χ1v) is 5.78. The molecule has 1 aliphatic heterocycles. The van der Waals surface area contributed by atoms with E-state index in [0.29, 0.717) is 13.1 Å². The van der Waals surface area contributed by atoms with E-state index in [9.17, 15) is 14.9 Å². The fraction of sp³-hybridized carbons (Fsp3) is 0.333. The predicted molar refractivity (Wildman–Crippen MR) is 68.4 cm³/mol. The van der Waals surface area contributed by atoms with Crippen LogP contribution in [0.3, 0.4) is 0 Å². The molecule has 0 fully saturated rings. The molecule has 0 radical (unpaired) electrons. The third-order valence-electron chi connectivity index (χ3n) is 3.01. The summed E-state index contributed by atoms with van der Waals surface area (Å²) in [6.45, 7) is 3.09. The summed E-state index contributed by atoms with van der Waals surface area (Å²) in [4.78, 5) is 27.0. The average molecular weight is 263 g/mol. The van der Waals surface area contributed by atoms with Crippen molar-refractivity contribution < 1.29 is 14.8 Å². The van der Waals surface area contributed by atoms with Crippen molar-refractivity contribution in [1.29, 1.82) is 0 Å². The number of carbonyl (C=O) groups is 1. The van der Waals surface area contributed by atoms with Crippen molar-refractivity contribution in [3.8, 4) is 0 Å². The van der Waals surface area contributed by atoms with Crippen LogP contribution in [-0.4, -0.2) is 34.1 Å². The molecule has 100 valence electrons. The lowest BCUT2D eigenvalue weighted by Gasteiger charge is -2.26. The van der Waals surface area contributed by atoms with Gasteiger partial charge in [0.1, 0.15) is 0 Å². The molecule has 19 heavy (non-hydrogen) atoms. The number of rotatable bonds is 3. The Morgan fingerprint density at radius 3 is 2.79 bits per heavy atom. The lowest BCUT2D eigenvalue weighted by molar-refractivity contribution is -0.384. The van der Waals surface area contributed by atoms with Gasteiger partial charge >= 0.3 is 11.7 Å². The Hall–Kier alpha value is -2.44. The van der Waals surface area contributed by atoms with E-state index in [1.165, 1.54) is 11.6 Å². The fourth-order valence-electron chi connectivity index (χ4n) is 1.90. The van der Waals surface area contributed by atoms with E-state index in [-0.39, 0.29) is 17.2 Å². The molecule has 0 aliphatic carbocycles. The lowest BCUT2D eigenvalue weighted by Crippen LogP contribution is -2.30. The summed E-state index contributed by atoms with van der Waals surface area (Å²) in [5.74, 6) is -1.08. The van der Waals surface area contributed by atoms with Gasteiger partial charge in [0.05, 0.1) is 4.92 Å². The SMILES string of the molecule is CC1=CCN(c2nc(C(=O)O)ccc2[N+](=O)[O-])CC1. The van der Waals surface area contributed by atoms with Crippen LogP contribution in [-0.2, 0) is 0 Å². The molecule has 0 unspecified atom stereocenters. The summed E-state index contributed by atoms with van der Waals surface area (Å²) in [6, 6.07) is 2.34. The number of nitrogens with zero attached hydrogens (tertiary/aromatic N) is 3. The number of anilines is 1. The molecule has 1 N–H and O–H groups in total. The number of carboxylic acids is 1. The van der Waals surface area contributed by atoms with E-state index >= 15 is 0 Å². The highest BCUT2D eigenvalue weighted by Gasteiger charge is 2.24. The van der Waals surface area contributed by atoms with Crippen molar-refractivity contribution in [3.63, 3.8) is 0 Å². The number of aromatic nitrogens is 1. The molecule has 1 aromatic heterocycles. The van der Waals surface area contributed by atoms with E-state index in [1.807, 2.05) is 13.0 Å². The quantitative estimate of drug-likeness (QED) is 0.507. The van der Waals surface area contributed by atoms with Crippen LogP contribution >= 0.6 is 0 Å². The number of hydrogen-bond acceptors (Lipinski definition) is 5. The second-order valence-corrected chi connectivity index (χ2v) is 4.35. The molecule has 1 aromatic rings. The van der Waals surface area contributed by atoms with Crippen LogP contribution in [0.25, 0.3) is 0 Å². The Kier molecular flexibility index (Phi) is 3.46. The van der Waals surface area contributed by atoms with Crippen LogP contribution in [0.4, 0.5) is 11.5 Å². The van der Waals surface area contributed by atoms with E-state index in [4.69, 9.17) is 5.11 Å². The average Bonchev–Trinajstić information content (AvgIpc) is 2.38. The summed E-state index contributed by atoms with van der Waals surface area (Å²) >= 11 is 0. The number of nitro groups is 1. The molecule has 0 atom stereocenters. The molecule has 2 heterocycles. The first kappa shape index (κ1) is 13.0. The summed E-state index contributed by atoms with van der Waals surface area (Å²) < 4.78 is 0. The van der Waals surface area contributed by atoms with Crippen LogP contribution in [0.1, 0.15) is 23.8 Å². The van der Waals surface area contributed by atoms with Crippen LogP contribution < -0.4 is 4.90 Å². The largest absolute Gasteiger partial charge is 0.477 e. The van der Waals surface area contributed by atoms with Crippen LogP contribution in [0.15, 0.2) is 23.8 Å². The first-order valence-electron chi connectivity index (χ1n) is 5.78. The zero-order chi connectivity index (χ0) is 14.0. The minimum absolute atomic E-state index is 0.119. The Morgan fingerprint density at radius 1 is 1.53 bits per heavy atom. The molecule has 1 aliphatic rings. The fourth-order valence-corrected chi connectivity index (χ4v) is 1.90. The predicted octanol–water partition coefficient (Wildman–Crippen LogP) is 1.84. The zero-order valence-electron chi connectivity index (χ0n) is 10.4. The number of carboxylic acid groups (broad SMARTS) is 1. The van der Waals surface area contributed by atoms with E-state index < -0.39 is 10.9 Å². The highest BCUT2D eigenvalue weighted by Crippen LogP contribution is 2.28. The molecular weight excluding hydrogens is 250 g/mol. The summed E-state index contributed by atoms with van der Waals surface area (Å²) in [6.07, 6.45) is 2.75. The van der Waals surface area contributed by atoms with Gasteiger partial charge in [0.25, 0.3) is 0 Å². The van der Waals surface area contributed by atoms with Gasteiger partial charge in [-0.3, -0.25) is 10.1 Å². The Morgan fingerprint density at radius 2 is 2.26 bits per heavy atom. The maximum absolute atomic E-state index is 11.0. The van der Waals surface area contributed by atoms with Crippen molar-refractivity contribution in [2.45, 2.75) is 13.3 Å². The van der Waals surface area contributed by atoms with Gasteiger partial charge in [-0.25, -0.2) is 9.78 Å². The minimum atomic E-state index is -1.19. The van der Waals surface area contributed by atoms with Gasteiger partial charge in [-0.15, -0.1) is 0 Å². The van der Waals surface area contributed by atoms with Crippen LogP contribution in [0, 0.1) is 10.1 Å². The molecule has 0 saturated heterocycles. The van der Waals surface area contributed by atoms with E-state index in [2.05, 4.69) is 4.98 Å². The Balaban J connectivity index is 2.43. The van der Waals surface area contributed by atoms with Crippen molar-refractivity contribution in [3.05, 3.63) is 39.6 Å². The van der Waals surface area contributed by atoms with Gasteiger partial charge in [-0.1, -0.05) is 11.6 Å². The summed E-state index contributed by atoms with van der Waals surface area (Å²) in [5.41, 5.74) is 0.859. The third kappa shape index (κ3) is 2.70.